The molecule has 1 aliphatic carbocycles. The van der Waals surface area contributed by atoms with E-state index >= 15 is 0 Å². The number of amides is 2. The second-order valence-corrected chi connectivity index (χ2v) is 6.69. The van der Waals surface area contributed by atoms with Crippen LogP contribution >= 0.6 is 0 Å². The number of aryl methyl sites for hydroxylation is 1. The van der Waals surface area contributed by atoms with Gasteiger partial charge in [0.05, 0.1) is 5.56 Å². The number of hydrogen-bond donors (Lipinski definition) is 1. The summed E-state index contributed by atoms with van der Waals surface area (Å²) in [7, 11) is 1.93. The lowest BCUT2D eigenvalue weighted by Crippen LogP contribution is -2.36. The molecule has 1 N–H and O–H groups in total. The molecule has 2 aliphatic rings. The molecule has 2 heterocycles. The Balaban J connectivity index is 1.53. The smallest absolute Gasteiger partial charge is 0.253 e. The summed E-state index contributed by atoms with van der Waals surface area (Å²) in [5, 5.41) is 3.00. The first-order chi connectivity index (χ1) is 10.6. The molecule has 5 nitrogen and oxygen atoms in total. The molecule has 2 amide bonds. The number of nitrogens with one attached hydrogen (secondary N) is 1. The van der Waals surface area contributed by atoms with Crippen molar-refractivity contribution in [3.05, 3.63) is 23.5 Å². The van der Waals surface area contributed by atoms with Gasteiger partial charge in [-0.25, -0.2) is 0 Å². The van der Waals surface area contributed by atoms with Crippen LogP contribution in [0.2, 0.25) is 0 Å². The average molecular weight is 303 g/mol. The van der Waals surface area contributed by atoms with Crippen molar-refractivity contribution in [2.24, 2.45) is 13.0 Å². The van der Waals surface area contributed by atoms with Crippen molar-refractivity contribution in [3.63, 3.8) is 0 Å². The zero-order valence-corrected chi connectivity index (χ0v) is 13.5. The highest BCUT2D eigenvalue weighted by atomic mass is 16.2. The van der Waals surface area contributed by atoms with E-state index in [0.29, 0.717) is 19.0 Å². The molecule has 5 heteroatoms. The van der Waals surface area contributed by atoms with Crippen LogP contribution in [0.4, 0.5) is 0 Å². The molecule has 0 radical (unpaired) electrons. The summed E-state index contributed by atoms with van der Waals surface area (Å²) < 4.78 is 1.94. The van der Waals surface area contributed by atoms with Crippen molar-refractivity contribution in [2.45, 2.75) is 45.1 Å². The monoisotopic (exact) mass is 303 g/mol. The molecule has 1 saturated heterocycles. The Labute approximate surface area is 131 Å². The van der Waals surface area contributed by atoms with Crippen molar-refractivity contribution >= 4 is 11.8 Å². The Hall–Kier alpha value is -1.78. The SMILES string of the molecule is Cc1c(C(=O)NC[C@H]2CC(=O)N(C3CCCC3)C2)ccn1C. The van der Waals surface area contributed by atoms with Crippen LogP contribution in [0.5, 0.6) is 0 Å². The lowest BCUT2D eigenvalue weighted by Gasteiger charge is -2.24. The topological polar surface area (TPSA) is 54.3 Å². The number of aromatic nitrogens is 1. The lowest BCUT2D eigenvalue weighted by atomic mass is 10.1. The summed E-state index contributed by atoms with van der Waals surface area (Å²) in [4.78, 5) is 26.4. The number of nitrogens with zero attached hydrogens (tertiary/aromatic N) is 2. The van der Waals surface area contributed by atoms with Crippen LogP contribution in [0.3, 0.4) is 0 Å². The van der Waals surface area contributed by atoms with Crippen molar-refractivity contribution in [1.82, 2.24) is 14.8 Å². The van der Waals surface area contributed by atoms with Gasteiger partial charge in [0.2, 0.25) is 5.91 Å². The highest BCUT2D eigenvalue weighted by molar-refractivity contribution is 5.95. The number of rotatable bonds is 4. The largest absolute Gasteiger partial charge is 0.354 e. The zero-order valence-electron chi connectivity index (χ0n) is 13.5. The molecule has 120 valence electrons. The lowest BCUT2D eigenvalue weighted by molar-refractivity contribution is -0.129. The Morgan fingerprint density at radius 2 is 2.09 bits per heavy atom. The summed E-state index contributed by atoms with van der Waals surface area (Å²) in [5.74, 6) is 0.480. The van der Waals surface area contributed by atoms with E-state index in [-0.39, 0.29) is 17.7 Å². The highest BCUT2D eigenvalue weighted by Gasteiger charge is 2.35. The van der Waals surface area contributed by atoms with E-state index in [0.717, 1.165) is 30.6 Å². The normalized spacial score (nSPS) is 22.5. The Morgan fingerprint density at radius 1 is 1.36 bits per heavy atom. The Morgan fingerprint density at radius 3 is 2.73 bits per heavy atom. The maximum absolute atomic E-state index is 12.2. The molecule has 22 heavy (non-hydrogen) atoms. The molecule has 1 aromatic heterocycles. The standard InChI is InChI=1S/C17H25N3O2/c1-12-15(7-8-19(12)2)17(22)18-10-13-9-16(21)20(11-13)14-5-3-4-6-14/h7-8,13-14H,3-6,9-11H2,1-2H3,(H,18,22)/t13-/m1/s1. The van der Waals surface area contributed by atoms with Crippen molar-refractivity contribution in [1.29, 1.82) is 0 Å². The van der Waals surface area contributed by atoms with Crippen molar-refractivity contribution < 1.29 is 9.59 Å². The van der Waals surface area contributed by atoms with Crippen LogP contribution in [0.1, 0.15) is 48.2 Å². The maximum Gasteiger partial charge on any atom is 0.253 e. The summed E-state index contributed by atoms with van der Waals surface area (Å²) >= 11 is 0. The van der Waals surface area contributed by atoms with Gasteiger partial charge >= 0.3 is 0 Å². The molecular formula is C17H25N3O2. The molecule has 0 aromatic carbocycles. The molecule has 3 rings (SSSR count). The van der Waals surface area contributed by atoms with E-state index in [1.165, 1.54) is 12.8 Å². The predicted molar refractivity (Wildman–Crippen MR) is 84.6 cm³/mol. The van der Waals surface area contributed by atoms with Gasteiger partial charge in [0, 0.05) is 50.4 Å². The van der Waals surface area contributed by atoms with Crippen LogP contribution in [-0.4, -0.2) is 40.4 Å². The van der Waals surface area contributed by atoms with E-state index in [1.807, 2.05) is 30.8 Å². The third-order valence-corrected chi connectivity index (χ3v) is 5.18. The third-order valence-electron chi connectivity index (χ3n) is 5.18. The third kappa shape index (κ3) is 2.89. The van der Waals surface area contributed by atoms with Crippen LogP contribution in [-0.2, 0) is 11.8 Å². The first-order valence-corrected chi connectivity index (χ1v) is 8.26. The second-order valence-electron chi connectivity index (χ2n) is 6.69. The van der Waals surface area contributed by atoms with Crippen LogP contribution in [0.25, 0.3) is 0 Å². The highest BCUT2D eigenvalue weighted by Crippen LogP contribution is 2.29. The van der Waals surface area contributed by atoms with Crippen molar-refractivity contribution in [2.75, 3.05) is 13.1 Å². The van der Waals surface area contributed by atoms with Crippen LogP contribution < -0.4 is 5.32 Å². The summed E-state index contributed by atoms with van der Waals surface area (Å²) in [6.07, 6.45) is 7.24. The van der Waals surface area contributed by atoms with Gasteiger partial charge in [-0.2, -0.15) is 0 Å². The number of hydrogen-bond acceptors (Lipinski definition) is 2. The molecule has 0 bridgehead atoms. The van der Waals surface area contributed by atoms with Gasteiger partial charge in [0.15, 0.2) is 0 Å². The molecule has 1 saturated carbocycles. The fourth-order valence-electron chi connectivity index (χ4n) is 3.70. The predicted octanol–water partition coefficient (Wildman–Crippen LogP) is 1.85. The van der Waals surface area contributed by atoms with E-state index in [9.17, 15) is 9.59 Å². The molecule has 0 unspecified atom stereocenters. The van der Waals surface area contributed by atoms with Crippen molar-refractivity contribution in [3.8, 4) is 0 Å². The summed E-state index contributed by atoms with van der Waals surface area (Å²) in [5.41, 5.74) is 1.69. The molecule has 1 atom stereocenters. The van der Waals surface area contributed by atoms with E-state index in [2.05, 4.69) is 10.2 Å². The average Bonchev–Trinajstić information content (AvgIpc) is 3.19. The van der Waals surface area contributed by atoms with E-state index < -0.39 is 0 Å². The first kappa shape index (κ1) is 15.1. The molecule has 2 fully saturated rings. The second kappa shape index (κ2) is 6.15. The minimum absolute atomic E-state index is 0.0372. The van der Waals surface area contributed by atoms with Gasteiger partial charge < -0.3 is 14.8 Å². The summed E-state index contributed by atoms with van der Waals surface area (Å²) in [6.45, 7) is 3.33. The molecule has 1 aromatic rings. The fourth-order valence-corrected chi connectivity index (χ4v) is 3.70. The van der Waals surface area contributed by atoms with E-state index in [4.69, 9.17) is 0 Å². The van der Waals surface area contributed by atoms with Gasteiger partial charge in [0.25, 0.3) is 5.91 Å². The Bertz CT molecular complexity index is 572. The number of likely N-dealkylation sites (tertiary alicyclic amines) is 1. The first-order valence-electron chi connectivity index (χ1n) is 8.26. The Kier molecular flexibility index (Phi) is 4.23. The zero-order chi connectivity index (χ0) is 15.7. The van der Waals surface area contributed by atoms with Gasteiger partial charge in [-0.3, -0.25) is 9.59 Å². The number of carbonyl (C=O) groups excluding carboxylic acids is 2. The minimum atomic E-state index is -0.0372. The maximum atomic E-state index is 12.2. The molecule has 1 aliphatic heterocycles. The van der Waals surface area contributed by atoms with Gasteiger partial charge in [-0.05, 0) is 25.8 Å². The van der Waals surface area contributed by atoms with Gasteiger partial charge in [-0.15, -0.1) is 0 Å². The minimum Gasteiger partial charge on any atom is -0.354 e. The fraction of sp³-hybridized carbons (Fsp3) is 0.647. The summed E-state index contributed by atoms with van der Waals surface area (Å²) in [6, 6.07) is 2.29. The van der Waals surface area contributed by atoms with Gasteiger partial charge in [0.1, 0.15) is 0 Å². The van der Waals surface area contributed by atoms with E-state index in [1.54, 1.807) is 0 Å². The van der Waals surface area contributed by atoms with Crippen LogP contribution in [0, 0.1) is 12.8 Å². The molecular weight excluding hydrogens is 278 g/mol. The quantitative estimate of drug-likeness (QED) is 0.923. The number of carbonyl (C=O) groups is 2. The van der Waals surface area contributed by atoms with Gasteiger partial charge in [-0.1, -0.05) is 12.8 Å². The molecule has 0 spiro atoms. The van der Waals surface area contributed by atoms with Crippen LogP contribution in [0.15, 0.2) is 12.3 Å².